The van der Waals surface area contributed by atoms with Gasteiger partial charge in [-0.2, -0.15) is 0 Å². The highest BCUT2D eigenvalue weighted by molar-refractivity contribution is 6.71. The molecule has 1 fully saturated rings. The molecule has 0 aliphatic carbocycles. The molecular formula is C6H5B3O3. The van der Waals surface area contributed by atoms with Crippen molar-refractivity contribution in [3.05, 3.63) is 30.3 Å². The summed E-state index contributed by atoms with van der Waals surface area (Å²) >= 11 is 0. The van der Waals surface area contributed by atoms with Crippen LogP contribution >= 0.6 is 0 Å². The predicted molar refractivity (Wildman–Crippen MR) is 46.6 cm³/mol. The van der Waals surface area contributed by atoms with Crippen molar-refractivity contribution in [1.82, 2.24) is 0 Å². The summed E-state index contributed by atoms with van der Waals surface area (Å²) in [7, 11) is 2.13. The van der Waals surface area contributed by atoms with Crippen LogP contribution in [0.5, 0.6) is 0 Å². The average Bonchev–Trinajstić information content (AvgIpc) is 2.21. The van der Waals surface area contributed by atoms with Crippen LogP contribution in [-0.4, -0.2) is 22.5 Å². The molecule has 6 heteroatoms. The molecule has 12 heavy (non-hydrogen) atoms. The average molecular weight is 158 g/mol. The van der Waals surface area contributed by atoms with E-state index < -0.39 is 0 Å². The van der Waals surface area contributed by atoms with Crippen LogP contribution in [0.15, 0.2) is 30.3 Å². The van der Waals surface area contributed by atoms with E-state index in [1.807, 2.05) is 30.3 Å². The van der Waals surface area contributed by atoms with E-state index in [1.54, 1.807) is 0 Å². The molecule has 2 rings (SSSR count). The second-order valence-corrected chi connectivity index (χ2v) is 2.34. The van der Waals surface area contributed by atoms with Gasteiger partial charge in [0.1, 0.15) is 0 Å². The van der Waals surface area contributed by atoms with Gasteiger partial charge in [0.25, 0.3) is 0 Å². The molecule has 0 N–H and O–H groups in total. The molecule has 1 aliphatic rings. The van der Waals surface area contributed by atoms with Crippen molar-refractivity contribution in [3.8, 4) is 0 Å². The van der Waals surface area contributed by atoms with E-state index in [4.69, 9.17) is 9.14 Å². The van der Waals surface area contributed by atoms with E-state index in [1.165, 1.54) is 15.4 Å². The minimum absolute atomic E-state index is 0.375. The Labute approximate surface area is 72.8 Å². The van der Waals surface area contributed by atoms with Gasteiger partial charge >= 0.3 is 22.5 Å². The molecule has 0 amide bonds. The summed E-state index contributed by atoms with van der Waals surface area (Å²) in [5, 5.41) is 0. The van der Waals surface area contributed by atoms with Gasteiger partial charge in [0.15, 0.2) is 0 Å². The standard InChI is InChI=1S/C6H5B3O3/c1-2-4-6(5-3-1)9-11-7-10-8-12-9/h1-5H. The molecule has 1 heterocycles. The molecule has 0 bridgehead atoms. The van der Waals surface area contributed by atoms with Crippen LogP contribution < -0.4 is 5.46 Å². The maximum Gasteiger partial charge on any atom is 0.465 e. The molecule has 1 aromatic carbocycles. The van der Waals surface area contributed by atoms with Crippen molar-refractivity contribution >= 4 is 28.0 Å². The quantitative estimate of drug-likeness (QED) is 0.515. The fourth-order valence-electron chi connectivity index (χ4n) is 0.987. The third-order valence-electron chi connectivity index (χ3n) is 1.54. The summed E-state index contributed by atoms with van der Waals surface area (Å²) in [4.78, 5) is 0. The smallest absolute Gasteiger partial charge is 0.457 e. The first-order valence-corrected chi connectivity index (χ1v) is 3.61. The van der Waals surface area contributed by atoms with Crippen molar-refractivity contribution in [2.24, 2.45) is 0 Å². The van der Waals surface area contributed by atoms with Crippen LogP contribution in [0.1, 0.15) is 0 Å². The minimum atomic E-state index is -0.375. The molecule has 0 atom stereocenters. The molecule has 3 nitrogen and oxygen atoms in total. The molecule has 0 saturated carbocycles. The summed E-state index contributed by atoms with van der Waals surface area (Å²) in [5.41, 5.74) is 0.966. The van der Waals surface area contributed by atoms with Crippen molar-refractivity contribution in [1.29, 1.82) is 0 Å². The largest absolute Gasteiger partial charge is 0.465 e. The van der Waals surface area contributed by atoms with Crippen LogP contribution in [0.3, 0.4) is 0 Å². The van der Waals surface area contributed by atoms with Gasteiger partial charge in [0.05, 0.1) is 0 Å². The molecular weight excluding hydrogens is 152 g/mol. The van der Waals surface area contributed by atoms with Crippen LogP contribution in [0.4, 0.5) is 0 Å². The topological polar surface area (TPSA) is 27.7 Å². The Hall–Kier alpha value is -0.705. The highest BCUT2D eigenvalue weighted by Gasteiger charge is 2.25. The van der Waals surface area contributed by atoms with Crippen molar-refractivity contribution < 1.29 is 13.7 Å². The lowest BCUT2D eigenvalue weighted by molar-refractivity contribution is 0.334. The lowest BCUT2D eigenvalue weighted by Crippen LogP contribution is -2.44. The summed E-state index contributed by atoms with van der Waals surface area (Å²) in [6.45, 7) is 0. The molecule has 1 saturated heterocycles. The second kappa shape index (κ2) is 3.80. The number of rotatable bonds is 1. The molecule has 0 aromatic heterocycles. The van der Waals surface area contributed by atoms with E-state index in [-0.39, 0.29) is 7.12 Å². The summed E-state index contributed by atoms with van der Waals surface area (Å²) in [5.74, 6) is 0. The van der Waals surface area contributed by atoms with Crippen molar-refractivity contribution in [3.63, 3.8) is 0 Å². The lowest BCUT2D eigenvalue weighted by Gasteiger charge is -2.18. The van der Waals surface area contributed by atoms with E-state index in [0.29, 0.717) is 0 Å². The molecule has 56 valence electrons. The van der Waals surface area contributed by atoms with E-state index in [0.717, 1.165) is 5.46 Å². The van der Waals surface area contributed by atoms with Crippen LogP contribution in [0.25, 0.3) is 0 Å². The first-order chi connectivity index (χ1) is 5.97. The van der Waals surface area contributed by atoms with Gasteiger partial charge in [-0.05, 0) is 5.46 Å². The van der Waals surface area contributed by atoms with Crippen LogP contribution in [0.2, 0.25) is 0 Å². The Balaban J connectivity index is 2.08. The van der Waals surface area contributed by atoms with Crippen molar-refractivity contribution in [2.45, 2.75) is 0 Å². The Morgan fingerprint density at radius 3 is 2.33 bits per heavy atom. The number of benzene rings is 1. The predicted octanol–water partition coefficient (Wildman–Crippen LogP) is -0.486. The van der Waals surface area contributed by atoms with E-state index in [2.05, 4.69) is 4.57 Å². The monoisotopic (exact) mass is 158 g/mol. The maximum atomic E-state index is 5.06. The summed E-state index contributed by atoms with van der Waals surface area (Å²) in [6, 6.07) is 9.65. The minimum Gasteiger partial charge on any atom is -0.457 e. The third kappa shape index (κ3) is 1.72. The Morgan fingerprint density at radius 1 is 1.00 bits per heavy atom. The molecule has 1 aliphatic heterocycles. The van der Waals surface area contributed by atoms with Gasteiger partial charge in [-0.25, -0.2) is 0 Å². The van der Waals surface area contributed by atoms with E-state index >= 15 is 0 Å². The lowest BCUT2D eigenvalue weighted by atomic mass is 9.75. The highest BCUT2D eigenvalue weighted by atomic mass is 16.7. The van der Waals surface area contributed by atoms with Gasteiger partial charge in [-0.3, -0.25) is 0 Å². The number of hydrogen-bond acceptors (Lipinski definition) is 3. The fraction of sp³-hybridized carbons (Fsp3) is 0. The summed E-state index contributed by atoms with van der Waals surface area (Å²) in [6.07, 6.45) is 0. The zero-order valence-corrected chi connectivity index (χ0v) is 6.34. The molecule has 0 unspecified atom stereocenters. The van der Waals surface area contributed by atoms with Gasteiger partial charge in [0.2, 0.25) is 0 Å². The van der Waals surface area contributed by atoms with Gasteiger partial charge in [-0.15, -0.1) is 0 Å². The van der Waals surface area contributed by atoms with Crippen LogP contribution in [0, 0.1) is 0 Å². The zero-order chi connectivity index (χ0) is 8.23. The molecule has 0 spiro atoms. The number of hydrogen-bond donors (Lipinski definition) is 0. The van der Waals surface area contributed by atoms with Crippen LogP contribution in [-0.2, 0) is 13.7 Å². The summed E-state index contributed by atoms with van der Waals surface area (Å²) < 4.78 is 14.8. The maximum absolute atomic E-state index is 5.06. The van der Waals surface area contributed by atoms with Gasteiger partial charge < -0.3 is 13.7 Å². The van der Waals surface area contributed by atoms with Crippen molar-refractivity contribution in [2.75, 3.05) is 0 Å². The Bertz CT molecular complexity index is 237. The van der Waals surface area contributed by atoms with Gasteiger partial charge in [0, 0.05) is 0 Å². The Morgan fingerprint density at radius 2 is 1.67 bits per heavy atom. The normalized spacial score (nSPS) is 16.5. The zero-order valence-electron chi connectivity index (χ0n) is 6.34. The molecule has 2 radical (unpaired) electrons. The van der Waals surface area contributed by atoms with Gasteiger partial charge in [-0.1, -0.05) is 30.3 Å². The first kappa shape index (κ1) is 7.92. The highest BCUT2D eigenvalue weighted by Crippen LogP contribution is 1.96. The second-order valence-electron chi connectivity index (χ2n) is 2.34. The molecule has 1 aromatic rings. The fourth-order valence-corrected chi connectivity index (χ4v) is 0.987. The first-order valence-electron chi connectivity index (χ1n) is 3.61. The van der Waals surface area contributed by atoms with E-state index in [9.17, 15) is 0 Å². The Kier molecular flexibility index (Phi) is 2.51. The SMILES string of the molecule is [B]1O[B]OB(c2ccccc2)O1. The third-order valence-corrected chi connectivity index (χ3v) is 1.54.